The topological polar surface area (TPSA) is 44.3 Å². The molecule has 2 atom stereocenters. The summed E-state index contributed by atoms with van der Waals surface area (Å²) in [5.41, 5.74) is 0.320. The molecular weight excluding hydrogens is 248 g/mol. The molecule has 3 N–H and O–H groups in total. The molecule has 0 saturated carbocycles. The van der Waals surface area contributed by atoms with Gasteiger partial charge in [0.05, 0.1) is 6.10 Å². The molecule has 20 heavy (non-hydrogen) atoms. The predicted molar refractivity (Wildman–Crippen MR) is 89.2 cm³/mol. The Kier molecular flexibility index (Phi) is 9.69. The molecule has 0 radical (unpaired) electrons. The van der Waals surface area contributed by atoms with Crippen LogP contribution in [0.5, 0.6) is 0 Å². The normalized spacial score (nSPS) is 19.4. The summed E-state index contributed by atoms with van der Waals surface area (Å²) < 4.78 is 0. The van der Waals surface area contributed by atoms with E-state index >= 15 is 0 Å². The van der Waals surface area contributed by atoms with E-state index in [1.165, 1.54) is 12.8 Å². The van der Waals surface area contributed by atoms with Gasteiger partial charge in [-0.05, 0) is 39.5 Å². The van der Waals surface area contributed by atoms with E-state index in [0.29, 0.717) is 13.1 Å². The highest BCUT2D eigenvalue weighted by Crippen LogP contribution is 2.17. The minimum atomic E-state index is -0.319. The van der Waals surface area contributed by atoms with Gasteiger partial charge in [-0.1, -0.05) is 40.5 Å². The Hall–Kier alpha value is -0.120. The van der Waals surface area contributed by atoms with E-state index in [-0.39, 0.29) is 17.2 Å². The molecule has 0 aliphatic carbocycles. The summed E-state index contributed by atoms with van der Waals surface area (Å²) in [7, 11) is 0. The van der Waals surface area contributed by atoms with Crippen molar-refractivity contribution in [1.29, 1.82) is 0 Å². The number of nitrogens with one attached hydrogen (secondary N) is 2. The van der Waals surface area contributed by atoms with Crippen LogP contribution >= 0.6 is 0 Å². The summed E-state index contributed by atoms with van der Waals surface area (Å²) in [5.74, 6) is 0. The molecule has 3 nitrogen and oxygen atoms in total. The fraction of sp³-hybridized carbons (Fsp3) is 1.00. The Morgan fingerprint density at radius 2 is 1.15 bits per heavy atom. The van der Waals surface area contributed by atoms with Crippen LogP contribution in [0.3, 0.4) is 0 Å². The number of aliphatic hydroxyl groups excluding tert-OH is 1. The number of β-amino-alcohol motifs (C(OH)–C–C–N with tert-alkyl or cyclic N) is 1. The SMILES string of the molecule is CCCC(C)(CC)NCC(O)CNC(C)(CC)CCC. The number of hydrogen-bond donors (Lipinski definition) is 3. The minimum Gasteiger partial charge on any atom is -0.390 e. The molecule has 0 aromatic carbocycles. The fourth-order valence-corrected chi connectivity index (χ4v) is 2.68. The van der Waals surface area contributed by atoms with Gasteiger partial charge in [-0.3, -0.25) is 0 Å². The van der Waals surface area contributed by atoms with Gasteiger partial charge < -0.3 is 15.7 Å². The first-order valence-corrected chi connectivity index (χ1v) is 8.52. The number of aliphatic hydroxyl groups is 1. The van der Waals surface area contributed by atoms with Gasteiger partial charge >= 0.3 is 0 Å². The van der Waals surface area contributed by atoms with Crippen molar-refractivity contribution >= 4 is 0 Å². The van der Waals surface area contributed by atoms with Crippen LogP contribution in [0.15, 0.2) is 0 Å². The first-order valence-electron chi connectivity index (χ1n) is 8.52. The molecule has 0 bridgehead atoms. The third kappa shape index (κ3) is 7.61. The fourth-order valence-electron chi connectivity index (χ4n) is 2.68. The monoisotopic (exact) mass is 286 g/mol. The van der Waals surface area contributed by atoms with E-state index in [4.69, 9.17) is 0 Å². The molecule has 0 rings (SSSR count). The van der Waals surface area contributed by atoms with Crippen molar-refractivity contribution in [3.63, 3.8) is 0 Å². The minimum absolute atomic E-state index is 0.160. The van der Waals surface area contributed by atoms with Crippen molar-refractivity contribution in [2.45, 2.75) is 97.2 Å². The molecule has 122 valence electrons. The molecular formula is C17H38N2O. The molecule has 0 spiro atoms. The molecule has 3 heteroatoms. The van der Waals surface area contributed by atoms with E-state index in [1.807, 2.05) is 0 Å². The van der Waals surface area contributed by atoms with Crippen LogP contribution in [0.25, 0.3) is 0 Å². The summed E-state index contributed by atoms with van der Waals surface area (Å²) in [4.78, 5) is 0. The van der Waals surface area contributed by atoms with Gasteiger partial charge in [0.1, 0.15) is 0 Å². The second kappa shape index (κ2) is 9.75. The molecule has 0 aliphatic heterocycles. The molecule has 0 aromatic rings. The Morgan fingerprint density at radius 1 is 0.800 bits per heavy atom. The van der Waals surface area contributed by atoms with E-state index in [9.17, 15) is 5.11 Å². The Labute approximate surface area is 126 Å². The van der Waals surface area contributed by atoms with Gasteiger partial charge in [0.15, 0.2) is 0 Å². The third-order valence-corrected chi connectivity index (χ3v) is 4.69. The molecule has 0 heterocycles. The summed E-state index contributed by atoms with van der Waals surface area (Å²) in [5, 5.41) is 17.3. The van der Waals surface area contributed by atoms with Crippen LogP contribution in [-0.2, 0) is 0 Å². The zero-order valence-corrected chi connectivity index (χ0v) is 14.7. The first kappa shape index (κ1) is 19.9. The molecule has 0 aromatic heterocycles. The maximum Gasteiger partial charge on any atom is 0.0789 e. The Balaban J connectivity index is 4.13. The largest absolute Gasteiger partial charge is 0.390 e. The van der Waals surface area contributed by atoms with E-state index in [1.54, 1.807) is 0 Å². The van der Waals surface area contributed by atoms with Gasteiger partial charge in [0.25, 0.3) is 0 Å². The second-order valence-electron chi connectivity index (χ2n) is 6.74. The zero-order chi connectivity index (χ0) is 15.6. The second-order valence-corrected chi connectivity index (χ2v) is 6.74. The van der Waals surface area contributed by atoms with Crippen LogP contribution in [0.2, 0.25) is 0 Å². The highest BCUT2D eigenvalue weighted by atomic mass is 16.3. The van der Waals surface area contributed by atoms with Crippen molar-refractivity contribution in [3.05, 3.63) is 0 Å². The maximum atomic E-state index is 10.2. The number of rotatable bonds is 12. The van der Waals surface area contributed by atoms with Crippen molar-refractivity contribution in [2.75, 3.05) is 13.1 Å². The maximum absolute atomic E-state index is 10.2. The van der Waals surface area contributed by atoms with Crippen LogP contribution in [0, 0.1) is 0 Å². The predicted octanol–water partition coefficient (Wildman–Crippen LogP) is 3.46. The van der Waals surface area contributed by atoms with Crippen molar-refractivity contribution in [1.82, 2.24) is 10.6 Å². The van der Waals surface area contributed by atoms with Crippen molar-refractivity contribution in [3.8, 4) is 0 Å². The average Bonchev–Trinajstić information content (AvgIpc) is 2.43. The van der Waals surface area contributed by atoms with Gasteiger partial charge in [0.2, 0.25) is 0 Å². The van der Waals surface area contributed by atoms with Gasteiger partial charge in [-0.2, -0.15) is 0 Å². The lowest BCUT2D eigenvalue weighted by Gasteiger charge is -2.33. The molecule has 0 amide bonds. The molecule has 2 unspecified atom stereocenters. The van der Waals surface area contributed by atoms with Crippen molar-refractivity contribution < 1.29 is 5.11 Å². The lowest BCUT2D eigenvalue weighted by Crippen LogP contribution is -2.50. The van der Waals surface area contributed by atoms with Crippen LogP contribution in [-0.4, -0.2) is 35.4 Å². The van der Waals surface area contributed by atoms with Crippen molar-refractivity contribution in [2.24, 2.45) is 0 Å². The van der Waals surface area contributed by atoms with E-state index < -0.39 is 0 Å². The number of hydrogen-bond acceptors (Lipinski definition) is 3. The third-order valence-electron chi connectivity index (χ3n) is 4.69. The lowest BCUT2D eigenvalue weighted by molar-refractivity contribution is 0.135. The van der Waals surface area contributed by atoms with Gasteiger partial charge in [-0.25, -0.2) is 0 Å². The van der Waals surface area contributed by atoms with Crippen LogP contribution in [0.1, 0.15) is 80.1 Å². The standard InChI is InChI=1S/C17H38N2O/c1-7-11-16(5,9-3)18-13-15(20)14-19-17(6,10-4)12-8-2/h15,18-20H,7-14H2,1-6H3. The Bertz CT molecular complexity index is 223. The summed E-state index contributed by atoms with van der Waals surface area (Å²) in [6.45, 7) is 14.7. The Morgan fingerprint density at radius 3 is 1.40 bits per heavy atom. The summed E-state index contributed by atoms with van der Waals surface area (Å²) >= 11 is 0. The summed E-state index contributed by atoms with van der Waals surface area (Å²) in [6.07, 6.45) is 6.55. The highest BCUT2D eigenvalue weighted by molar-refractivity contribution is 4.85. The van der Waals surface area contributed by atoms with Gasteiger partial charge in [0, 0.05) is 24.2 Å². The average molecular weight is 287 g/mol. The smallest absolute Gasteiger partial charge is 0.0789 e. The summed E-state index contributed by atoms with van der Waals surface area (Å²) in [6, 6.07) is 0. The van der Waals surface area contributed by atoms with E-state index in [0.717, 1.165) is 25.7 Å². The van der Waals surface area contributed by atoms with E-state index in [2.05, 4.69) is 52.2 Å². The first-order chi connectivity index (χ1) is 9.34. The highest BCUT2D eigenvalue weighted by Gasteiger charge is 2.23. The lowest BCUT2D eigenvalue weighted by atomic mass is 9.92. The van der Waals surface area contributed by atoms with Crippen LogP contribution < -0.4 is 10.6 Å². The molecule has 0 aliphatic rings. The molecule has 0 fully saturated rings. The quantitative estimate of drug-likeness (QED) is 0.515. The van der Waals surface area contributed by atoms with Crippen LogP contribution in [0.4, 0.5) is 0 Å². The molecule has 0 saturated heterocycles. The zero-order valence-electron chi connectivity index (χ0n) is 14.7. The van der Waals surface area contributed by atoms with Gasteiger partial charge in [-0.15, -0.1) is 0 Å².